The van der Waals surface area contributed by atoms with E-state index in [1.165, 1.54) is 0 Å². The van der Waals surface area contributed by atoms with Gasteiger partial charge in [0.25, 0.3) is 0 Å². The van der Waals surface area contributed by atoms with Gasteiger partial charge in [-0.25, -0.2) is 0 Å². The molecule has 0 amide bonds. The fourth-order valence-electron chi connectivity index (χ4n) is 2.81. The summed E-state index contributed by atoms with van der Waals surface area (Å²) < 4.78 is 0. The molecule has 0 aromatic carbocycles. The minimum Gasteiger partial charge on any atom is -0.353 e. The van der Waals surface area contributed by atoms with E-state index in [2.05, 4.69) is 86.4 Å². The van der Waals surface area contributed by atoms with Gasteiger partial charge in [-0.05, 0) is 13.8 Å². The fraction of sp³-hybridized carbons (Fsp3) is 0.667. The van der Waals surface area contributed by atoms with E-state index in [1.807, 2.05) is 0 Å². The molecule has 0 radical (unpaired) electrons. The Morgan fingerprint density at radius 1 is 0.562 bits per heavy atom. The quantitative estimate of drug-likeness (QED) is 0.659. The van der Waals surface area contributed by atoms with E-state index in [0.717, 1.165) is 0 Å². The first kappa shape index (κ1) is 11.2. The average molecular weight is 222 g/mol. The number of rotatable bonds is 1. The Morgan fingerprint density at radius 3 is 0.938 bits per heavy atom. The summed E-state index contributed by atoms with van der Waals surface area (Å²) in [6, 6.07) is 0. The van der Waals surface area contributed by atoms with Crippen LogP contribution in [0.5, 0.6) is 0 Å². The largest absolute Gasteiger partial charge is 0.353 e. The van der Waals surface area contributed by atoms with Crippen LogP contribution in [-0.2, 0) is 0 Å². The third kappa shape index (κ3) is 0.996. The number of nitrogens with zero attached hydrogens (tertiary/aromatic N) is 4. The van der Waals surface area contributed by atoms with Crippen LogP contribution in [0.1, 0.15) is 13.8 Å². The molecule has 4 nitrogen and oxygen atoms in total. The molecule has 0 spiro atoms. The zero-order valence-electron chi connectivity index (χ0n) is 11.1. The van der Waals surface area contributed by atoms with E-state index in [-0.39, 0.29) is 11.3 Å². The predicted molar refractivity (Wildman–Crippen MR) is 66.1 cm³/mol. The average Bonchev–Trinajstić information content (AvgIpc) is 2.66. The van der Waals surface area contributed by atoms with Gasteiger partial charge < -0.3 is 19.6 Å². The van der Waals surface area contributed by atoms with Gasteiger partial charge >= 0.3 is 0 Å². The molecule has 0 aromatic rings. The number of hydrogen-bond donors (Lipinski definition) is 0. The van der Waals surface area contributed by atoms with E-state index in [0.29, 0.717) is 0 Å². The molecule has 0 fully saturated rings. The molecular formula is C12H22N4. The normalized spacial score (nSPS) is 26.1. The summed E-state index contributed by atoms with van der Waals surface area (Å²) in [5, 5.41) is 0. The highest BCUT2D eigenvalue weighted by atomic mass is 15.5. The predicted octanol–water partition coefficient (Wildman–Crippen LogP) is 1.12. The summed E-state index contributed by atoms with van der Waals surface area (Å²) in [5.74, 6) is 0. The SMILES string of the molecule is CN1C=CN(C)C1(C)C1(C)N(C)C=CN1C. The van der Waals surface area contributed by atoms with Crippen molar-refractivity contribution in [1.29, 1.82) is 0 Å². The van der Waals surface area contributed by atoms with Crippen LogP contribution in [0.2, 0.25) is 0 Å². The van der Waals surface area contributed by atoms with Gasteiger partial charge in [0.2, 0.25) is 0 Å². The number of likely N-dealkylation sites (N-methyl/N-ethyl adjacent to an activating group) is 4. The molecule has 0 aromatic heterocycles. The molecule has 2 aliphatic heterocycles. The zero-order chi connectivity index (χ0) is 12.1. The molecule has 90 valence electrons. The van der Waals surface area contributed by atoms with E-state index in [9.17, 15) is 0 Å². The Labute approximate surface area is 98.4 Å². The monoisotopic (exact) mass is 222 g/mol. The highest BCUT2D eigenvalue weighted by Crippen LogP contribution is 2.42. The van der Waals surface area contributed by atoms with Crippen LogP contribution in [-0.4, -0.2) is 59.1 Å². The smallest absolute Gasteiger partial charge is 0.151 e. The zero-order valence-corrected chi connectivity index (χ0v) is 11.1. The van der Waals surface area contributed by atoms with Gasteiger partial charge in [0.1, 0.15) is 0 Å². The van der Waals surface area contributed by atoms with Gasteiger partial charge in [-0.1, -0.05) is 0 Å². The Morgan fingerprint density at radius 2 is 0.750 bits per heavy atom. The van der Waals surface area contributed by atoms with Crippen LogP contribution in [0.25, 0.3) is 0 Å². The lowest BCUT2D eigenvalue weighted by molar-refractivity contribution is -0.110. The van der Waals surface area contributed by atoms with Crippen molar-refractivity contribution in [3.05, 3.63) is 24.8 Å². The fourth-order valence-corrected chi connectivity index (χ4v) is 2.81. The highest BCUT2D eigenvalue weighted by Gasteiger charge is 2.56. The second-order valence-electron chi connectivity index (χ2n) is 5.08. The molecule has 0 N–H and O–H groups in total. The van der Waals surface area contributed by atoms with Crippen LogP contribution < -0.4 is 0 Å². The van der Waals surface area contributed by atoms with Crippen LogP contribution >= 0.6 is 0 Å². The summed E-state index contributed by atoms with van der Waals surface area (Å²) in [6.07, 6.45) is 8.52. The van der Waals surface area contributed by atoms with Gasteiger partial charge in [0, 0.05) is 53.0 Å². The highest BCUT2D eigenvalue weighted by molar-refractivity contribution is 5.18. The third-order valence-electron chi connectivity index (χ3n) is 4.67. The first-order valence-electron chi connectivity index (χ1n) is 5.63. The lowest BCUT2D eigenvalue weighted by Gasteiger charge is -2.56. The molecule has 2 aliphatic rings. The van der Waals surface area contributed by atoms with Crippen molar-refractivity contribution in [1.82, 2.24) is 19.6 Å². The molecule has 0 bridgehead atoms. The van der Waals surface area contributed by atoms with Gasteiger partial charge in [0.05, 0.1) is 0 Å². The summed E-state index contributed by atoms with van der Waals surface area (Å²) in [7, 11) is 8.52. The molecular weight excluding hydrogens is 200 g/mol. The Kier molecular flexibility index (Phi) is 2.16. The minimum atomic E-state index is -0.0833. The summed E-state index contributed by atoms with van der Waals surface area (Å²) in [4.78, 5) is 9.08. The van der Waals surface area contributed by atoms with E-state index in [1.54, 1.807) is 0 Å². The maximum absolute atomic E-state index is 2.27. The van der Waals surface area contributed by atoms with Crippen molar-refractivity contribution in [3.63, 3.8) is 0 Å². The first-order chi connectivity index (χ1) is 7.35. The molecule has 16 heavy (non-hydrogen) atoms. The Hall–Kier alpha value is -1.32. The van der Waals surface area contributed by atoms with Crippen molar-refractivity contribution >= 4 is 0 Å². The van der Waals surface area contributed by atoms with Crippen LogP contribution in [0.4, 0.5) is 0 Å². The van der Waals surface area contributed by atoms with Crippen molar-refractivity contribution in [2.45, 2.75) is 25.2 Å². The molecule has 4 heteroatoms. The maximum atomic E-state index is 2.27. The topological polar surface area (TPSA) is 13.0 Å². The lowest BCUT2D eigenvalue weighted by Crippen LogP contribution is -2.72. The van der Waals surface area contributed by atoms with E-state index >= 15 is 0 Å². The summed E-state index contributed by atoms with van der Waals surface area (Å²) >= 11 is 0. The van der Waals surface area contributed by atoms with Crippen molar-refractivity contribution in [2.24, 2.45) is 0 Å². The number of hydrogen-bond acceptors (Lipinski definition) is 4. The molecule has 0 saturated carbocycles. The van der Waals surface area contributed by atoms with Gasteiger partial charge in [-0.2, -0.15) is 0 Å². The lowest BCUT2D eigenvalue weighted by atomic mass is 9.92. The van der Waals surface area contributed by atoms with Crippen LogP contribution in [0.3, 0.4) is 0 Å². The molecule has 0 atom stereocenters. The van der Waals surface area contributed by atoms with Crippen molar-refractivity contribution in [2.75, 3.05) is 28.2 Å². The molecule has 0 aliphatic carbocycles. The molecule has 2 rings (SSSR count). The molecule has 2 heterocycles. The maximum Gasteiger partial charge on any atom is 0.151 e. The van der Waals surface area contributed by atoms with Crippen molar-refractivity contribution in [3.8, 4) is 0 Å². The van der Waals surface area contributed by atoms with Gasteiger partial charge in [-0.15, -0.1) is 0 Å². The van der Waals surface area contributed by atoms with Crippen LogP contribution in [0.15, 0.2) is 24.8 Å². The third-order valence-corrected chi connectivity index (χ3v) is 4.67. The van der Waals surface area contributed by atoms with E-state index in [4.69, 9.17) is 0 Å². The summed E-state index contributed by atoms with van der Waals surface area (Å²) in [5.41, 5.74) is -0.167. The van der Waals surface area contributed by atoms with E-state index < -0.39 is 0 Å². The van der Waals surface area contributed by atoms with Gasteiger partial charge in [0.15, 0.2) is 11.3 Å². The Bertz CT molecular complexity index is 289. The second-order valence-corrected chi connectivity index (χ2v) is 5.08. The second kappa shape index (κ2) is 3.09. The minimum absolute atomic E-state index is 0.0833. The first-order valence-corrected chi connectivity index (χ1v) is 5.63. The standard InChI is InChI=1S/C12H22N4/c1-11(13(3)7-8-14(11)4)12(2)15(5)9-10-16(12)6/h7-10H,1-6H3. The Balaban J connectivity index is 2.44. The van der Waals surface area contributed by atoms with Gasteiger partial charge in [-0.3, -0.25) is 0 Å². The molecule has 0 saturated heterocycles. The van der Waals surface area contributed by atoms with Crippen LogP contribution in [0, 0.1) is 0 Å². The van der Waals surface area contributed by atoms with Crippen molar-refractivity contribution < 1.29 is 0 Å². The summed E-state index contributed by atoms with van der Waals surface area (Å²) in [6.45, 7) is 4.54. The molecule has 0 unspecified atom stereocenters.